The van der Waals surface area contributed by atoms with Crippen molar-refractivity contribution in [3.63, 3.8) is 0 Å². The average molecular weight is 250 g/mol. The first-order valence-electron chi connectivity index (χ1n) is 7.00. The Kier molecular flexibility index (Phi) is 4.23. The van der Waals surface area contributed by atoms with Crippen LogP contribution in [0, 0.1) is 17.2 Å². The Morgan fingerprint density at radius 3 is 2.50 bits per heavy atom. The number of hydrogen-bond donors (Lipinski definition) is 1. The van der Waals surface area contributed by atoms with E-state index in [-0.39, 0.29) is 17.9 Å². The van der Waals surface area contributed by atoms with Crippen LogP contribution in [0.25, 0.3) is 0 Å². The van der Waals surface area contributed by atoms with Crippen molar-refractivity contribution < 1.29 is 9.53 Å². The summed E-state index contributed by atoms with van der Waals surface area (Å²) in [6, 6.07) is 2.35. The Labute approximate surface area is 109 Å². The fourth-order valence-electron chi connectivity index (χ4n) is 2.93. The van der Waals surface area contributed by atoms with E-state index in [9.17, 15) is 10.1 Å². The largest absolute Gasteiger partial charge is 0.378 e. The van der Waals surface area contributed by atoms with Gasteiger partial charge in [0.25, 0.3) is 0 Å². The van der Waals surface area contributed by atoms with Crippen molar-refractivity contribution in [2.24, 2.45) is 5.92 Å². The van der Waals surface area contributed by atoms with Gasteiger partial charge in [0, 0.05) is 0 Å². The van der Waals surface area contributed by atoms with Crippen LogP contribution in [0.5, 0.6) is 0 Å². The van der Waals surface area contributed by atoms with Crippen LogP contribution in [-0.2, 0) is 9.53 Å². The molecule has 0 aromatic carbocycles. The number of carbonyl (C=O) groups excluding carboxylic acids is 1. The summed E-state index contributed by atoms with van der Waals surface area (Å²) in [5.41, 5.74) is -0.626. The predicted octanol–water partition coefficient (Wildman–Crippen LogP) is 2.14. The molecule has 0 spiro atoms. The van der Waals surface area contributed by atoms with Crippen LogP contribution in [-0.4, -0.2) is 24.2 Å². The zero-order valence-electron chi connectivity index (χ0n) is 11.1. The molecule has 2 unspecified atom stereocenters. The molecular weight excluding hydrogens is 228 g/mol. The quantitative estimate of drug-likeness (QED) is 0.764. The summed E-state index contributed by atoms with van der Waals surface area (Å²) < 4.78 is 5.42. The SMILES string of the molecule is CC1CC(C(=O)NC2(C#N)CCCCCC2)CO1. The Morgan fingerprint density at radius 1 is 1.33 bits per heavy atom. The zero-order chi connectivity index (χ0) is 13.0. The fraction of sp³-hybridized carbons (Fsp3) is 0.857. The smallest absolute Gasteiger partial charge is 0.226 e. The minimum absolute atomic E-state index is 0.00259. The Hall–Kier alpha value is -1.08. The Bertz CT molecular complexity index is 340. The number of ether oxygens (including phenoxy) is 1. The number of hydrogen-bond acceptors (Lipinski definition) is 3. The molecule has 0 aromatic rings. The molecular formula is C14H22N2O2. The van der Waals surface area contributed by atoms with E-state index in [1.54, 1.807) is 0 Å². The second kappa shape index (κ2) is 5.71. The molecule has 1 saturated heterocycles. The van der Waals surface area contributed by atoms with Gasteiger partial charge in [0.2, 0.25) is 5.91 Å². The summed E-state index contributed by atoms with van der Waals surface area (Å²) in [4.78, 5) is 12.2. The highest BCUT2D eigenvalue weighted by molar-refractivity contribution is 5.80. The van der Waals surface area contributed by atoms with E-state index < -0.39 is 5.54 Å². The van der Waals surface area contributed by atoms with Gasteiger partial charge in [0.15, 0.2) is 0 Å². The molecule has 18 heavy (non-hydrogen) atoms. The first kappa shape index (κ1) is 13.4. The predicted molar refractivity (Wildman–Crippen MR) is 67.7 cm³/mol. The van der Waals surface area contributed by atoms with Gasteiger partial charge >= 0.3 is 0 Å². The molecule has 2 fully saturated rings. The first-order chi connectivity index (χ1) is 8.65. The third-order valence-electron chi connectivity index (χ3n) is 4.10. The minimum atomic E-state index is -0.626. The second-order valence-electron chi connectivity index (χ2n) is 5.67. The third kappa shape index (κ3) is 3.02. The van der Waals surface area contributed by atoms with Gasteiger partial charge in [-0.2, -0.15) is 5.26 Å². The summed E-state index contributed by atoms with van der Waals surface area (Å²) in [7, 11) is 0. The molecule has 0 aromatic heterocycles. The summed E-state index contributed by atoms with van der Waals surface area (Å²) in [5.74, 6) is -0.0729. The molecule has 1 saturated carbocycles. The maximum Gasteiger partial charge on any atom is 0.226 e. The topological polar surface area (TPSA) is 62.1 Å². The van der Waals surface area contributed by atoms with Gasteiger partial charge in [-0.25, -0.2) is 0 Å². The highest BCUT2D eigenvalue weighted by Crippen LogP contribution is 2.28. The van der Waals surface area contributed by atoms with Crippen molar-refractivity contribution in [3.05, 3.63) is 0 Å². The normalized spacial score (nSPS) is 31.3. The summed E-state index contributed by atoms with van der Waals surface area (Å²) in [6.07, 6.45) is 6.92. The molecule has 1 aliphatic heterocycles. The minimum Gasteiger partial charge on any atom is -0.378 e. The molecule has 100 valence electrons. The van der Waals surface area contributed by atoms with Crippen LogP contribution < -0.4 is 5.32 Å². The number of nitrogens with zero attached hydrogens (tertiary/aromatic N) is 1. The number of carbonyl (C=O) groups is 1. The second-order valence-corrected chi connectivity index (χ2v) is 5.67. The van der Waals surface area contributed by atoms with Gasteiger partial charge in [-0.15, -0.1) is 0 Å². The molecule has 0 radical (unpaired) electrons. The molecule has 2 rings (SSSR count). The Balaban J connectivity index is 1.97. The number of rotatable bonds is 2. The van der Waals surface area contributed by atoms with E-state index in [2.05, 4.69) is 11.4 Å². The Morgan fingerprint density at radius 2 is 2.00 bits per heavy atom. The maximum absolute atomic E-state index is 12.2. The lowest BCUT2D eigenvalue weighted by Gasteiger charge is -2.27. The number of nitrogens with one attached hydrogen (secondary N) is 1. The first-order valence-corrected chi connectivity index (χ1v) is 7.00. The van der Waals surface area contributed by atoms with Crippen LogP contribution in [0.1, 0.15) is 51.9 Å². The molecule has 2 atom stereocenters. The molecule has 1 heterocycles. The molecule has 1 aliphatic carbocycles. The van der Waals surface area contributed by atoms with E-state index >= 15 is 0 Å². The molecule has 1 amide bonds. The van der Waals surface area contributed by atoms with Crippen LogP contribution in [0.4, 0.5) is 0 Å². The summed E-state index contributed by atoms with van der Waals surface area (Å²) >= 11 is 0. The lowest BCUT2D eigenvalue weighted by Crippen LogP contribution is -2.49. The average Bonchev–Trinajstić information content (AvgIpc) is 2.66. The lowest BCUT2D eigenvalue weighted by atomic mass is 9.90. The molecule has 1 N–H and O–H groups in total. The van der Waals surface area contributed by atoms with Crippen molar-refractivity contribution in [1.82, 2.24) is 5.32 Å². The molecule has 4 nitrogen and oxygen atoms in total. The standard InChI is InChI=1S/C14H22N2O2/c1-11-8-12(9-18-11)13(17)16-14(10-15)6-4-2-3-5-7-14/h11-12H,2-9H2,1H3,(H,16,17). The van der Waals surface area contributed by atoms with Crippen LogP contribution in [0.3, 0.4) is 0 Å². The van der Waals surface area contributed by atoms with E-state index in [0.717, 1.165) is 32.1 Å². The van der Waals surface area contributed by atoms with Crippen molar-refractivity contribution in [2.45, 2.75) is 63.5 Å². The van der Waals surface area contributed by atoms with Gasteiger partial charge in [-0.05, 0) is 26.2 Å². The van der Waals surface area contributed by atoms with Crippen molar-refractivity contribution >= 4 is 5.91 Å². The van der Waals surface area contributed by atoms with E-state index in [0.29, 0.717) is 6.61 Å². The van der Waals surface area contributed by atoms with Gasteiger partial charge in [-0.1, -0.05) is 25.7 Å². The fourth-order valence-corrected chi connectivity index (χ4v) is 2.93. The van der Waals surface area contributed by atoms with Crippen molar-refractivity contribution in [1.29, 1.82) is 5.26 Å². The van der Waals surface area contributed by atoms with Crippen molar-refractivity contribution in [2.75, 3.05) is 6.61 Å². The number of nitriles is 1. The van der Waals surface area contributed by atoms with E-state index in [4.69, 9.17) is 4.74 Å². The number of amides is 1. The highest BCUT2D eigenvalue weighted by atomic mass is 16.5. The van der Waals surface area contributed by atoms with Gasteiger partial charge in [-0.3, -0.25) is 4.79 Å². The van der Waals surface area contributed by atoms with Crippen molar-refractivity contribution in [3.8, 4) is 6.07 Å². The highest BCUT2D eigenvalue weighted by Gasteiger charge is 2.36. The third-order valence-corrected chi connectivity index (χ3v) is 4.10. The van der Waals surface area contributed by atoms with Crippen LogP contribution in [0.2, 0.25) is 0 Å². The molecule has 2 aliphatic rings. The van der Waals surface area contributed by atoms with Crippen LogP contribution in [0.15, 0.2) is 0 Å². The molecule has 4 heteroatoms. The van der Waals surface area contributed by atoms with E-state index in [1.807, 2.05) is 6.92 Å². The monoisotopic (exact) mass is 250 g/mol. The zero-order valence-corrected chi connectivity index (χ0v) is 11.1. The van der Waals surface area contributed by atoms with E-state index in [1.165, 1.54) is 12.8 Å². The lowest BCUT2D eigenvalue weighted by molar-refractivity contribution is -0.126. The molecule has 0 bridgehead atoms. The van der Waals surface area contributed by atoms with Gasteiger partial charge in [0.05, 0.1) is 24.7 Å². The van der Waals surface area contributed by atoms with Crippen LogP contribution >= 0.6 is 0 Å². The maximum atomic E-state index is 12.2. The summed E-state index contributed by atoms with van der Waals surface area (Å²) in [5, 5.41) is 12.4. The summed E-state index contributed by atoms with van der Waals surface area (Å²) in [6.45, 7) is 2.48. The van der Waals surface area contributed by atoms with Gasteiger partial charge < -0.3 is 10.1 Å². The van der Waals surface area contributed by atoms with Gasteiger partial charge in [0.1, 0.15) is 5.54 Å².